The van der Waals surface area contributed by atoms with Gasteiger partial charge in [-0.05, 0) is 29.8 Å². The molecule has 0 saturated carbocycles. The maximum atomic E-state index is 5.82. The summed E-state index contributed by atoms with van der Waals surface area (Å²) < 4.78 is 0. The summed E-state index contributed by atoms with van der Waals surface area (Å²) in [6, 6.07) is 0. The molecule has 2 N–H and O–H groups in total. The number of aromatic amines is 1. The summed E-state index contributed by atoms with van der Waals surface area (Å²) in [6.07, 6.45) is 4.40. The highest BCUT2D eigenvalue weighted by Crippen LogP contribution is 2.22. The first-order chi connectivity index (χ1) is 8.28. The number of aromatic nitrogens is 5. The molecule has 0 radical (unpaired) electrons. The Bertz CT molecular complexity index is 474. The highest BCUT2D eigenvalue weighted by molar-refractivity contribution is 7.99. The molecular formula is C9H11ClN6S. The molecule has 0 aromatic carbocycles. The third-order valence-electron chi connectivity index (χ3n) is 1.78. The van der Waals surface area contributed by atoms with E-state index in [1.165, 1.54) is 11.8 Å². The Labute approximate surface area is 108 Å². The van der Waals surface area contributed by atoms with Gasteiger partial charge in [-0.3, -0.25) is 0 Å². The molecule has 2 heterocycles. The highest BCUT2D eigenvalue weighted by atomic mass is 35.5. The molecular weight excluding hydrogens is 260 g/mol. The summed E-state index contributed by atoms with van der Waals surface area (Å²) in [5, 5.41) is 4.47. The fourth-order valence-corrected chi connectivity index (χ4v) is 1.97. The topological polar surface area (TPSA) is 79.4 Å². The quantitative estimate of drug-likeness (QED) is 0.867. The van der Waals surface area contributed by atoms with Gasteiger partial charge in [-0.1, -0.05) is 6.92 Å². The Kier molecular flexibility index (Phi) is 4.16. The van der Waals surface area contributed by atoms with Gasteiger partial charge in [-0.15, -0.1) is 0 Å². The van der Waals surface area contributed by atoms with E-state index in [2.05, 4.69) is 37.2 Å². The summed E-state index contributed by atoms with van der Waals surface area (Å²) in [4.78, 5) is 19.3. The minimum Gasteiger partial charge on any atom is -0.354 e. The number of rotatable bonds is 5. The first kappa shape index (κ1) is 12.1. The van der Waals surface area contributed by atoms with Gasteiger partial charge in [0.2, 0.25) is 16.4 Å². The predicted molar refractivity (Wildman–Crippen MR) is 66.3 cm³/mol. The number of halogens is 1. The first-order valence-electron chi connectivity index (χ1n) is 5.10. The van der Waals surface area contributed by atoms with Crippen molar-refractivity contribution in [2.75, 3.05) is 11.9 Å². The molecule has 0 unspecified atom stereocenters. The standard InChI is InChI=1S/C9H11ClN6S/c1-2-3-11-7-14-6(10)15-9(16-7)17-8-12-4-5-13-8/h4-5H,2-3H2,1H3,(H,12,13)(H,11,14,15,16). The van der Waals surface area contributed by atoms with Crippen LogP contribution in [0.4, 0.5) is 5.95 Å². The highest BCUT2D eigenvalue weighted by Gasteiger charge is 2.07. The molecule has 2 aromatic heterocycles. The molecule has 0 aliphatic rings. The van der Waals surface area contributed by atoms with E-state index in [-0.39, 0.29) is 5.28 Å². The van der Waals surface area contributed by atoms with E-state index in [9.17, 15) is 0 Å². The fourth-order valence-electron chi connectivity index (χ4n) is 1.09. The summed E-state index contributed by atoms with van der Waals surface area (Å²) in [5.74, 6) is 0.487. The van der Waals surface area contributed by atoms with Crippen LogP contribution in [0.3, 0.4) is 0 Å². The van der Waals surface area contributed by atoms with Crippen LogP contribution < -0.4 is 5.32 Å². The summed E-state index contributed by atoms with van der Waals surface area (Å²) >= 11 is 7.13. The van der Waals surface area contributed by atoms with Gasteiger partial charge >= 0.3 is 0 Å². The van der Waals surface area contributed by atoms with Gasteiger partial charge in [0.1, 0.15) is 0 Å². The average Bonchev–Trinajstić information content (AvgIpc) is 2.78. The summed E-state index contributed by atoms with van der Waals surface area (Å²) in [5.41, 5.74) is 0. The Morgan fingerprint density at radius 1 is 1.41 bits per heavy atom. The van der Waals surface area contributed by atoms with Gasteiger partial charge < -0.3 is 10.3 Å². The van der Waals surface area contributed by atoms with Gasteiger partial charge in [-0.2, -0.15) is 15.0 Å². The predicted octanol–water partition coefficient (Wildman–Crippen LogP) is 2.22. The number of anilines is 1. The van der Waals surface area contributed by atoms with Crippen LogP contribution in [0.15, 0.2) is 22.7 Å². The second-order valence-electron chi connectivity index (χ2n) is 3.13. The number of hydrogen-bond donors (Lipinski definition) is 2. The SMILES string of the molecule is CCCNc1nc(Cl)nc(Sc2ncc[nH]2)n1. The Balaban J connectivity index is 2.13. The van der Waals surface area contributed by atoms with E-state index in [0.29, 0.717) is 16.3 Å². The van der Waals surface area contributed by atoms with Gasteiger partial charge in [-0.25, -0.2) is 4.98 Å². The van der Waals surface area contributed by atoms with Crippen molar-refractivity contribution in [2.24, 2.45) is 0 Å². The molecule has 90 valence electrons. The van der Waals surface area contributed by atoms with Crippen molar-refractivity contribution in [3.8, 4) is 0 Å². The maximum absolute atomic E-state index is 5.82. The van der Waals surface area contributed by atoms with E-state index in [4.69, 9.17) is 11.6 Å². The summed E-state index contributed by atoms with van der Waals surface area (Å²) in [6.45, 7) is 2.86. The fraction of sp³-hybridized carbons (Fsp3) is 0.333. The lowest BCUT2D eigenvalue weighted by Crippen LogP contribution is -2.06. The number of imidazole rings is 1. The molecule has 0 aliphatic carbocycles. The van der Waals surface area contributed by atoms with Gasteiger partial charge in [0.05, 0.1) is 0 Å². The monoisotopic (exact) mass is 270 g/mol. The van der Waals surface area contributed by atoms with Crippen LogP contribution in [0.2, 0.25) is 5.28 Å². The molecule has 8 heteroatoms. The van der Waals surface area contributed by atoms with E-state index in [1.54, 1.807) is 12.4 Å². The van der Waals surface area contributed by atoms with Gasteiger partial charge in [0.25, 0.3) is 0 Å². The Morgan fingerprint density at radius 2 is 2.29 bits per heavy atom. The average molecular weight is 271 g/mol. The molecule has 2 rings (SSSR count). The molecule has 0 aliphatic heterocycles. The molecule has 0 saturated heterocycles. The van der Waals surface area contributed by atoms with Crippen LogP contribution in [0.1, 0.15) is 13.3 Å². The third-order valence-corrected chi connectivity index (χ3v) is 2.73. The maximum Gasteiger partial charge on any atom is 0.228 e. The first-order valence-corrected chi connectivity index (χ1v) is 6.30. The molecule has 2 aromatic rings. The van der Waals surface area contributed by atoms with Crippen molar-refractivity contribution in [2.45, 2.75) is 23.7 Å². The second kappa shape index (κ2) is 5.83. The molecule has 0 amide bonds. The van der Waals surface area contributed by atoms with Crippen molar-refractivity contribution in [1.29, 1.82) is 0 Å². The van der Waals surface area contributed by atoms with E-state index >= 15 is 0 Å². The Hall–Kier alpha value is -1.34. The number of nitrogens with one attached hydrogen (secondary N) is 2. The largest absolute Gasteiger partial charge is 0.354 e. The third kappa shape index (κ3) is 3.57. The molecule has 0 spiro atoms. The lowest BCUT2D eigenvalue weighted by Gasteiger charge is -2.04. The minimum absolute atomic E-state index is 0.174. The van der Waals surface area contributed by atoms with Gasteiger partial charge in [0, 0.05) is 18.9 Å². The molecule has 0 bridgehead atoms. The minimum atomic E-state index is 0.174. The summed E-state index contributed by atoms with van der Waals surface area (Å²) in [7, 11) is 0. The lowest BCUT2D eigenvalue weighted by atomic mass is 10.5. The smallest absolute Gasteiger partial charge is 0.228 e. The second-order valence-corrected chi connectivity index (χ2v) is 4.43. The number of hydrogen-bond acceptors (Lipinski definition) is 6. The number of nitrogens with zero attached hydrogens (tertiary/aromatic N) is 4. The van der Waals surface area contributed by atoms with E-state index in [1.807, 2.05) is 0 Å². The Morgan fingerprint density at radius 3 is 3.00 bits per heavy atom. The van der Waals surface area contributed by atoms with Crippen molar-refractivity contribution in [3.05, 3.63) is 17.7 Å². The van der Waals surface area contributed by atoms with Crippen molar-refractivity contribution in [3.63, 3.8) is 0 Å². The van der Waals surface area contributed by atoms with Crippen LogP contribution in [-0.2, 0) is 0 Å². The molecule has 6 nitrogen and oxygen atoms in total. The molecule has 17 heavy (non-hydrogen) atoms. The van der Waals surface area contributed by atoms with Crippen molar-refractivity contribution < 1.29 is 0 Å². The number of H-pyrrole nitrogens is 1. The van der Waals surface area contributed by atoms with Crippen LogP contribution in [0.5, 0.6) is 0 Å². The van der Waals surface area contributed by atoms with Crippen molar-refractivity contribution >= 4 is 29.3 Å². The van der Waals surface area contributed by atoms with Crippen molar-refractivity contribution in [1.82, 2.24) is 24.9 Å². The van der Waals surface area contributed by atoms with E-state index in [0.717, 1.165) is 13.0 Å². The normalized spacial score (nSPS) is 10.5. The van der Waals surface area contributed by atoms with E-state index < -0.39 is 0 Å². The molecule has 0 fully saturated rings. The van der Waals surface area contributed by atoms with Crippen LogP contribution in [0.25, 0.3) is 0 Å². The van der Waals surface area contributed by atoms with Crippen LogP contribution >= 0.6 is 23.4 Å². The zero-order valence-electron chi connectivity index (χ0n) is 9.14. The van der Waals surface area contributed by atoms with Crippen LogP contribution in [0, 0.1) is 0 Å². The molecule has 0 atom stereocenters. The zero-order valence-corrected chi connectivity index (χ0v) is 10.7. The van der Waals surface area contributed by atoms with Gasteiger partial charge in [0.15, 0.2) is 5.16 Å². The zero-order chi connectivity index (χ0) is 12.1. The lowest BCUT2D eigenvalue weighted by molar-refractivity contribution is 0.873. The van der Waals surface area contributed by atoms with Crippen LogP contribution in [-0.4, -0.2) is 31.5 Å².